The molecule has 3 atom stereocenters. The van der Waals surface area contributed by atoms with E-state index < -0.39 is 51.1 Å². The van der Waals surface area contributed by atoms with Gasteiger partial charge in [0.25, 0.3) is 0 Å². The number of aliphatic carboxylic acids is 1. The largest absolute Gasteiger partial charge is 0.480 e. The van der Waals surface area contributed by atoms with E-state index in [4.69, 9.17) is 24.8 Å². The van der Waals surface area contributed by atoms with Crippen molar-refractivity contribution in [2.75, 3.05) is 19.8 Å². The van der Waals surface area contributed by atoms with E-state index >= 15 is 0 Å². The van der Waals surface area contributed by atoms with Gasteiger partial charge in [-0.3, -0.25) is 23.4 Å². The predicted molar refractivity (Wildman–Crippen MR) is 189 cm³/mol. The van der Waals surface area contributed by atoms with Crippen LogP contribution in [0.3, 0.4) is 0 Å². The Hall–Kier alpha value is -1.78. The predicted octanol–water partition coefficient (Wildman–Crippen LogP) is 8.95. The summed E-state index contributed by atoms with van der Waals surface area (Å²) >= 11 is 0. The van der Waals surface area contributed by atoms with E-state index in [-0.39, 0.29) is 19.4 Å². The van der Waals surface area contributed by atoms with E-state index in [1.807, 2.05) is 0 Å². The number of esters is 2. The van der Waals surface area contributed by atoms with Crippen LogP contribution in [0.4, 0.5) is 0 Å². The van der Waals surface area contributed by atoms with Gasteiger partial charge in [0.2, 0.25) is 0 Å². The van der Waals surface area contributed by atoms with Gasteiger partial charge in [0.05, 0.1) is 13.2 Å². The lowest BCUT2D eigenvalue weighted by Crippen LogP contribution is -2.34. The Morgan fingerprint density at radius 2 is 1.04 bits per heavy atom. The summed E-state index contributed by atoms with van der Waals surface area (Å²) in [7, 11) is -4.69. The van der Waals surface area contributed by atoms with Crippen LogP contribution in [0.15, 0.2) is 12.2 Å². The fourth-order valence-corrected chi connectivity index (χ4v) is 5.78. The van der Waals surface area contributed by atoms with E-state index in [1.54, 1.807) is 0 Å². The Labute approximate surface area is 290 Å². The number of carbonyl (C=O) groups is 3. The van der Waals surface area contributed by atoms with Crippen LogP contribution >= 0.6 is 7.82 Å². The molecular formula is C36H68NO10P. The fourth-order valence-electron chi connectivity index (χ4n) is 5.00. The molecule has 0 rings (SSSR count). The van der Waals surface area contributed by atoms with Crippen molar-refractivity contribution < 1.29 is 47.5 Å². The third-order valence-corrected chi connectivity index (χ3v) is 8.96. The molecular weight excluding hydrogens is 637 g/mol. The Morgan fingerprint density at radius 1 is 0.625 bits per heavy atom. The number of carbonyl (C=O) groups excluding carboxylic acids is 2. The molecule has 12 heteroatoms. The lowest BCUT2D eigenvalue weighted by Gasteiger charge is -2.20. The maximum atomic E-state index is 12.5. The van der Waals surface area contributed by atoms with E-state index in [1.165, 1.54) is 83.5 Å². The second-order valence-corrected chi connectivity index (χ2v) is 14.2. The third-order valence-electron chi connectivity index (χ3n) is 8.01. The van der Waals surface area contributed by atoms with Crippen molar-refractivity contribution in [1.29, 1.82) is 0 Å². The summed E-state index contributed by atoms with van der Waals surface area (Å²) in [6.07, 6.45) is 29.1. The van der Waals surface area contributed by atoms with Gasteiger partial charge in [-0.2, -0.15) is 0 Å². The highest BCUT2D eigenvalue weighted by atomic mass is 31.2. The zero-order valence-electron chi connectivity index (χ0n) is 30.1. The highest BCUT2D eigenvalue weighted by Gasteiger charge is 2.28. The van der Waals surface area contributed by atoms with Gasteiger partial charge in [0.1, 0.15) is 12.6 Å². The second-order valence-electron chi connectivity index (χ2n) is 12.7. The number of ether oxygens (including phenoxy) is 2. The van der Waals surface area contributed by atoms with Crippen LogP contribution in [-0.2, 0) is 37.5 Å². The number of hydrogen-bond acceptors (Lipinski definition) is 9. The van der Waals surface area contributed by atoms with E-state index in [0.29, 0.717) is 12.8 Å². The van der Waals surface area contributed by atoms with Crippen molar-refractivity contribution in [3.8, 4) is 0 Å². The van der Waals surface area contributed by atoms with Gasteiger partial charge >= 0.3 is 25.7 Å². The summed E-state index contributed by atoms with van der Waals surface area (Å²) in [6, 6.07) is -1.52. The highest BCUT2D eigenvalue weighted by molar-refractivity contribution is 7.47. The molecule has 0 fully saturated rings. The average molecular weight is 706 g/mol. The van der Waals surface area contributed by atoms with Gasteiger partial charge in [-0.15, -0.1) is 0 Å². The zero-order valence-corrected chi connectivity index (χ0v) is 31.0. The third kappa shape index (κ3) is 31.5. The summed E-state index contributed by atoms with van der Waals surface area (Å²) in [6.45, 7) is 2.68. The molecule has 0 bridgehead atoms. The summed E-state index contributed by atoms with van der Waals surface area (Å²) in [5, 5.41) is 8.82. The highest BCUT2D eigenvalue weighted by Crippen LogP contribution is 2.43. The van der Waals surface area contributed by atoms with E-state index in [9.17, 15) is 23.8 Å². The van der Waals surface area contributed by atoms with Crippen molar-refractivity contribution in [2.45, 2.75) is 180 Å². The number of unbranched alkanes of at least 4 members (excludes halogenated alkanes) is 19. The molecule has 0 heterocycles. The van der Waals surface area contributed by atoms with Crippen molar-refractivity contribution >= 4 is 25.7 Å². The lowest BCUT2D eigenvalue weighted by atomic mass is 10.1. The minimum Gasteiger partial charge on any atom is -0.480 e. The number of rotatable bonds is 35. The van der Waals surface area contributed by atoms with Crippen molar-refractivity contribution in [3.63, 3.8) is 0 Å². The molecule has 0 aromatic heterocycles. The molecule has 4 N–H and O–H groups in total. The molecule has 0 aliphatic carbocycles. The quantitative estimate of drug-likeness (QED) is 0.0249. The van der Waals surface area contributed by atoms with Gasteiger partial charge in [-0.25, -0.2) is 4.57 Å². The Morgan fingerprint density at radius 3 is 1.52 bits per heavy atom. The molecule has 3 unspecified atom stereocenters. The first-order valence-electron chi connectivity index (χ1n) is 18.7. The number of phosphoric ester groups is 1. The standard InChI is InChI=1S/C36H68NO10P/c1-3-5-7-9-10-11-12-13-14-15-16-17-18-19-20-21-22-24-26-28-35(39)47-32(29-44-34(38)27-25-23-8-6-4-2)30-45-48(42,43)46-31-33(37)36(40)41/h13-14,32-33H,3-12,15-31,37H2,1-2H3,(H,40,41)(H,42,43)/b14-13-. The first-order chi connectivity index (χ1) is 23.1. The molecule has 0 radical (unpaired) electrons. The molecule has 0 aliphatic rings. The van der Waals surface area contributed by atoms with Gasteiger partial charge in [-0.1, -0.05) is 129 Å². The lowest BCUT2D eigenvalue weighted by molar-refractivity contribution is -0.161. The fraction of sp³-hybridized carbons (Fsp3) is 0.861. The number of nitrogens with two attached hydrogens (primary N) is 1. The first-order valence-corrected chi connectivity index (χ1v) is 20.2. The van der Waals surface area contributed by atoms with Gasteiger partial charge in [0.15, 0.2) is 6.10 Å². The van der Waals surface area contributed by atoms with Crippen LogP contribution in [0.5, 0.6) is 0 Å². The van der Waals surface area contributed by atoms with E-state index in [0.717, 1.165) is 44.9 Å². The number of hydrogen-bond donors (Lipinski definition) is 3. The SMILES string of the molecule is CCCCCCCC/C=C\CCCCCCCCCCCC(=O)OC(COC(=O)CCCCCCC)COP(=O)(O)OCC(N)C(=O)O. The van der Waals surface area contributed by atoms with Crippen LogP contribution in [0.25, 0.3) is 0 Å². The molecule has 11 nitrogen and oxygen atoms in total. The number of phosphoric acid groups is 1. The van der Waals surface area contributed by atoms with Crippen molar-refractivity contribution in [1.82, 2.24) is 0 Å². The summed E-state index contributed by atoms with van der Waals surface area (Å²) < 4.78 is 32.3. The van der Waals surface area contributed by atoms with Crippen molar-refractivity contribution in [2.24, 2.45) is 5.73 Å². The maximum absolute atomic E-state index is 12.5. The minimum absolute atomic E-state index is 0.162. The second kappa shape index (κ2) is 32.4. The first kappa shape index (κ1) is 46.2. The zero-order chi connectivity index (χ0) is 35.7. The number of carboxylic acids is 1. The number of allylic oxidation sites excluding steroid dienone is 2. The summed E-state index contributed by atoms with van der Waals surface area (Å²) in [4.78, 5) is 45.4. The van der Waals surface area contributed by atoms with Crippen LogP contribution in [0.1, 0.15) is 168 Å². The van der Waals surface area contributed by atoms with Crippen LogP contribution in [-0.4, -0.2) is 59.9 Å². The van der Waals surface area contributed by atoms with Crippen molar-refractivity contribution in [3.05, 3.63) is 12.2 Å². The molecule has 0 amide bonds. The molecule has 0 saturated heterocycles. The van der Waals surface area contributed by atoms with Crippen LogP contribution < -0.4 is 5.73 Å². The van der Waals surface area contributed by atoms with Crippen LogP contribution in [0.2, 0.25) is 0 Å². The van der Waals surface area contributed by atoms with E-state index in [2.05, 4.69) is 30.5 Å². The Balaban J connectivity index is 4.23. The van der Waals surface area contributed by atoms with Gasteiger partial charge in [0, 0.05) is 12.8 Å². The summed E-state index contributed by atoms with van der Waals surface area (Å²) in [5.41, 5.74) is 5.29. The molecule has 282 valence electrons. The molecule has 0 aliphatic heterocycles. The normalized spacial score (nSPS) is 14.1. The average Bonchev–Trinajstić information content (AvgIpc) is 3.05. The molecule has 0 saturated carbocycles. The Kier molecular flexibility index (Phi) is 31.2. The molecule has 0 spiro atoms. The van der Waals surface area contributed by atoms with Gasteiger partial charge in [-0.05, 0) is 38.5 Å². The molecule has 48 heavy (non-hydrogen) atoms. The van der Waals surface area contributed by atoms with Crippen LogP contribution in [0, 0.1) is 0 Å². The molecule has 0 aromatic rings. The Bertz CT molecular complexity index is 885. The number of carboxylic acid groups (broad SMARTS) is 1. The monoisotopic (exact) mass is 705 g/mol. The minimum atomic E-state index is -4.69. The summed E-state index contributed by atoms with van der Waals surface area (Å²) in [5.74, 6) is -2.39. The maximum Gasteiger partial charge on any atom is 0.472 e. The smallest absolute Gasteiger partial charge is 0.472 e. The van der Waals surface area contributed by atoms with Gasteiger partial charge < -0.3 is 25.2 Å². The molecule has 0 aromatic carbocycles. The topological polar surface area (TPSA) is 172 Å².